The monoisotopic (exact) mass is 318 g/mol. The Morgan fingerprint density at radius 2 is 1.92 bits per heavy atom. The molecular weight excluding hydrogens is 304 g/mol. The highest BCUT2D eigenvalue weighted by Crippen LogP contribution is 2.27. The molecule has 3 aromatic rings. The molecule has 0 unspecified atom stereocenters. The molecule has 0 atom stereocenters. The van der Waals surface area contributed by atoms with E-state index in [-0.39, 0.29) is 11.7 Å². The van der Waals surface area contributed by atoms with Gasteiger partial charge < -0.3 is 10.1 Å². The lowest BCUT2D eigenvalue weighted by Gasteiger charge is -2.11. The summed E-state index contributed by atoms with van der Waals surface area (Å²) in [6.07, 6.45) is 0. The van der Waals surface area contributed by atoms with Crippen LogP contribution >= 0.6 is 0 Å². The van der Waals surface area contributed by atoms with Crippen molar-refractivity contribution in [1.29, 1.82) is 5.26 Å². The quantitative estimate of drug-likeness (QED) is 0.742. The van der Waals surface area contributed by atoms with E-state index in [1.807, 2.05) is 30.3 Å². The number of carbonyl (C=O) groups is 1. The highest BCUT2D eigenvalue weighted by atomic mass is 16.5. The lowest BCUT2D eigenvalue weighted by Crippen LogP contribution is -2.04. The molecule has 0 amide bonds. The van der Waals surface area contributed by atoms with Gasteiger partial charge in [-0.2, -0.15) is 5.26 Å². The first-order valence-electron chi connectivity index (χ1n) is 7.42. The number of nitrogens with one attached hydrogen (secondary N) is 1. The van der Waals surface area contributed by atoms with E-state index in [0.717, 1.165) is 11.1 Å². The normalized spacial score (nSPS) is 10.2. The Morgan fingerprint density at radius 1 is 1.17 bits per heavy atom. The molecule has 0 saturated carbocycles. The van der Waals surface area contributed by atoms with Crippen LogP contribution in [0.2, 0.25) is 0 Å². The van der Waals surface area contributed by atoms with Gasteiger partial charge in [0.2, 0.25) is 0 Å². The first-order valence-corrected chi connectivity index (χ1v) is 7.42. The second-order valence-electron chi connectivity index (χ2n) is 4.98. The third kappa shape index (κ3) is 3.01. The third-order valence-corrected chi connectivity index (χ3v) is 3.44. The fourth-order valence-corrected chi connectivity index (χ4v) is 2.31. The van der Waals surface area contributed by atoms with Gasteiger partial charge in [-0.1, -0.05) is 18.2 Å². The average molecular weight is 318 g/mol. The predicted molar refractivity (Wildman–Crippen MR) is 89.9 cm³/mol. The molecule has 6 nitrogen and oxygen atoms in total. The lowest BCUT2D eigenvalue weighted by molar-refractivity contribution is 0.0526. The van der Waals surface area contributed by atoms with Crippen LogP contribution in [-0.2, 0) is 4.74 Å². The molecule has 2 aromatic carbocycles. The molecule has 3 rings (SSSR count). The topological polar surface area (TPSA) is 87.9 Å². The van der Waals surface area contributed by atoms with Gasteiger partial charge in [-0.15, -0.1) is 10.2 Å². The van der Waals surface area contributed by atoms with Crippen molar-refractivity contribution in [3.8, 4) is 6.07 Å². The number of nitrogens with zero attached hydrogens (tertiary/aromatic N) is 3. The smallest absolute Gasteiger partial charge is 0.338 e. The van der Waals surface area contributed by atoms with Crippen LogP contribution in [0.1, 0.15) is 23.0 Å². The molecule has 0 aliphatic heterocycles. The van der Waals surface area contributed by atoms with Crippen molar-refractivity contribution in [2.24, 2.45) is 0 Å². The number of nitriles is 1. The van der Waals surface area contributed by atoms with Crippen LogP contribution in [0, 0.1) is 11.3 Å². The van der Waals surface area contributed by atoms with Gasteiger partial charge in [0.1, 0.15) is 6.07 Å². The Hall–Kier alpha value is -3.46. The second-order valence-corrected chi connectivity index (χ2v) is 4.98. The summed E-state index contributed by atoms with van der Waals surface area (Å²) in [4.78, 5) is 11.7. The molecule has 6 heteroatoms. The number of ether oxygens (including phenoxy) is 1. The molecule has 0 aliphatic carbocycles. The summed E-state index contributed by atoms with van der Waals surface area (Å²) in [6, 6.07) is 16.3. The van der Waals surface area contributed by atoms with Gasteiger partial charge in [-0.25, -0.2) is 4.79 Å². The number of hydrogen-bond donors (Lipinski definition) is 1. The minimum Gasteiger partial charge on any atom is -0.462 e. The summed E-state index contributed by atoms with van der Waals surface area (Å²) in [7, 11) is 0. The number of hydrogen-bond acceptors (Lipinski definition) is 6. The Bertz CT molecular complexity index is 930. The van der Waals surface area contributed by atoms with Gasteiger partial charge in [-0.3, -0.25) is 0 Å². The van der Waals surface area contributed by atoms with Crippen molar-refractivity contribution in [1.82, 2.24) is 10.2 Å². The predicted octanol–water partition coefficient (Wildman–Crippen LogP) is 3.42. The zero-order chi connectivity index (χ0) is 16.9. The number of carbonyl (C=O) groups excluding carboxylic acids is 1. The third-order valence-electron chi connectivity index (χ3n) is 3.44. The van der Waals surface area contributed by atoms with E-state index in [0.29, 0.717) is 23.4 Å². The largest absolute Gasteiger partial charge is 0.462 e. The van der Waals surface area contributed by atoms with Gasteiger partial charge in [0, 0.05) is 11.1 Å². The van der Waals surface area contributed by atoms with Gasteiger partial charge >= 0.3 is 5.97 Å². The van der Waals surface area contributed by atoms with Crippen LogP contribution in [0.5, 0.6) is 0 Å². The number of esters is 1. The highest BCUT2D eigenvalue weighted by Gasteiger charge is 2.11. The summed E-state index contributed by atoms with van der Waals surface area (Å²) in [5.41, 5.74) is 2.70. The summed E-state index contributed by atoms with van der Waals surface area (Å²) < 4.78 is 4.96. The minimum absolute atomic E-state index is 0.211. The summed E-state index contributed by atoms with van der Waals surface area (Å²) in [5, 5.41) is 21.3. The Morgan fingerprint density at radius 3 is 2.62 bits per heavy atom. The SMILES string of the molecule is CCOC(=O)c1ccc(Nc2c(C#N)nnc3ccccc23)cc1. The van der Waals surface area contributed by atoms with Crippen molar-refractivity contribution in [3.05, 3.63) is 59.8 Å². The molecule has 0 saturated heterocycles. The van der Waals surface area contributed by atoms with Crippen molar-refractivity contribution in [2.75, 3.05) is 11.9 Å². The number of rotatable bonds is 4. The molecule has 1 N–H and O–H groups in total. The minimum atomic E-state index is -0.363. The van der Waals surface area contributed by atoms with Gasteiger partial charge in [0.15, 0.2) is 5.69 Å². The van der Waals surface area contributed by atoms with Gasteiger partial charge in [-0.05, 0) is 37.3 Å². The van der Waals surface area contributed by atoms with Crippen molar-refractivity contribution >= 4 is 28.2 Å². The Labute approximate surface area is 138 Å². The molecule has 1 heterocycles. The summed E-state index contributed by atoms with van der Waals surface area (Å²) >= 11 is 0. The van der Waals surface area contributed by atoms with Crippen LogP contribution in [-0.4, -0.2) is 22.8 Å². The summed E-state index contributed by atoms with van der Waals surface area (Å²) in [6.45, 7) is 2.10. The first-order chi connectivity index (χ1) is 11.7. The fraction of sp³-hybridized carbons (Fsp3) is 0.111. The molecule has 0 radical (unpaired) electrons. The Kier molecular flexibility index (Phi) is 4.34. The second kappa shape index (κ2) is 6.75. The van der Waals surface area contributed by atoms with E-state index in [2.05, 4.69) is 15.5 Å². The number of anilines is 2. The van der Waals surface area contributed by atoms with E-state index in [4.69, 9.17) is 4.74 Å². The number of benzene rings is 2. The molecule has 1 aromatic heterocycles. The summed E-state index contributed by atoms with van der Waals surface area (Å²) in [5.74, 6) is -0.363. The highest BCUT2D eigenvalue weighted by molar-refractivity contribution is 5.95. The van der Waals surface area contributed by atoms with E-state index in [1.54, 1.807) is 31.2 Å². The average Bonchev–Trinajstić information content (AvgIpc) is 2.63. The van der Waals surface area contributed by atoms with Crippen LogP contribution in [0.15, 0.2) is 48.5 Å². The van der Waals surface area contributed by atoms with E-state index in [1.165, 1.54) is 0 Å². The number of aromatic nitrogens is 2. The van der Waals surface area contributed by atoms with E-state index >= 15 is 0 Å². The molecule has 118 valence electrons. The van der Waals surface area contributed by atoms with Crippen LogP contribution in [0.25, 0.3) is 10.9 Å². The van der Waals surface area contributed by atoms with Crippen molar-refractivity contribution in [2.45, 2.75) is 6.92 Å². The zero-order valence-corrected chi connectivity index (χ0v) is 13.0. The zero-order valence-electron chi connectivity index (χ0n) is 13.0. The van der Waals surface area contributed by atoms with E-state index < -0.39 is 0 Å². The van der Waals surface area contributed by atoms with Gasteiger partial charge in [0.05, 0.1) is 23.4 Å². The maximum absolute atomic E-state index is 11.7. The van der Waals surface area contributed by atoms with Crippen LogP contribution in [0.4, 0.5) is 11.4 Å². The molecule has 0 spiro atoms. The maximum atomic E-state index is 11.7. The molecule has 0 aliphatic rings. The van der Waals surface area contributed by atoms with Crippen LogP contribution < -0.4 is 5.32 Å². The van der Waals surface area contributed by atoms with Crippen molar-refractivity contribution < 1.29 is 9.53 Å². The standard InChI is InChI=1S/C18H14N4O2/c1-2-24-18(23)12-7-9-13(10-8-12)20-17-14-5-3-4-6-15(14)21-22-16(17)11-19/h3-10H,2H2,1H3,(H,20,21). The number of fused-ring (bicyclic) bond motifs is 1. The van der Waals surface area contributed by atoms with Gasteiger partial charge in [0.25, 0.3) is 0 Å². The Balaban J connectivity index is 1.95. The molecule has 24 heavy (non-hydrogen) atoms. The molecular formula is C18H14N4O2. The maximum Gasteiger partial charge on any atom is 0.338 e. The lowest BCUT2D eigenvalue weighted by atomic mass is 10.1. The first kappa shape index (κ1) is 15.4. The fourth-order valence-electron chi connectivity index (χ4n) is 2.31. The van der Waals surface area contributed by atoms with Crippen LogP contribution in [0.3, 0.4) is 0 Å². The van der Waals surface area contributed by atoms with E-state index in [9.17, 15) is 10.1 Å². The van der Waals surface area contributed by atoms with Crippen molar-refractivity contribution in [3.63, 3.8) is 0 Å². The molecule has 0 bridgehead atoms. The molecule has 0 fully saturated rings.